The highest BCUT2D eigenvalue weighted by molar-refractivity contribution is 7.14. The molecule has 66 valence electrons. The zero-order valence-electron chi connectivity index (χ0n) is 6.72. The van der Waals surface area contributed by atoms with Gasteiger partial charge in [-0.15, -0.1) is 11.3 Å². The molecule has 1 aliphatic carbocycles. The fraction of sp³-hybridized carbons (Fsp3) is 0.625. The summed E-state index contributed by atoms with van der Waals surface area (Å²) in [5, 5.41) is 5.21. The van der Waals surface area contributed by atoms with Crippen molar-refractivity contribution in [2.24, 2.45) is 5.92 Å². The number of hydrogen-bond acceptors (Lipinski definition) is 3. The van der Waals surface area contributed by atoms with Crippen molar-refractivity contribution < 1.29 is 0 Å². The summed E-state index contributed by atoms with van der Waals surface area (Å²) in [5.41, 5.74) is 0. The Hall–Kier alpha value is -0.280. The van der Waals surface area contributed by atoms with Crippen LogP contribution in [0.15, 0.2) is 5.38 Å². The first-order valence-electron chi connectivity index (χ1n) is 4.19. The van der Waals surface area contributed by atoms with Crippen LogP contribution in [-0.4, -0.2) is 11.5 Å². The molecule has 1 saturated carbocycles. The van der Waals surface area contributed by atoms with E-state index in [1.54, 1.807) is 0 Å². The molecule has 2 nitrogen and oxygen atoms in total. The van der Waals surface area contributed by atoms with Gasteiger partial charge in [0.1, 0.15) is 5.82 Å². The summed E-state index contributed by atoms with van der Waals surface area (Å²) in [5.74, 6) is 1.90. The van der Waals surface area contributed by atoms with Crippen molar-refractivity contribution in [1.29, 1.82) is 0 Å². The number of rotatable bonds is 4. The zero-order chi connectivity index (χ0) is 8.39. The molecular formula is C8H11ClN2S. The van der Waals surface area contributed by atoms with Gasteiger partial charge in [-0.2, -0.15) is 0 Å². The Morgan fingerprint density at radius 2 is 2.50 bits per heavy atom. The van der Waals surface area contributed by atoms with Crippen molar-refractivity contribution in [3.8, 4) is 0 Å². The predicted octanol–water partition coefficient (Wildman–Crippen LogP) is 3.01. The Labute approximate surface area is 81.0 Å². The summed E-state index contributed by atoms with van der Waals surface area (Å²) in [6.45, 7) is 1.03. The van der Waals surface area contributed by atoms with Crippen molar-refractivity contribution in [3.63, 3.8) is 0 Å². The molecule has 0 aliphatic heterocycles. The number of anilines is 1. The maximum absolute atomic E-state index is 5.68. The summed E-state index contributed by atoms with van der Waals surface area (Å²) in [7, 11) is 0. The van der Waals surface area contributed by atoms with E-state index in [-0.39, 0.29) is 0 Å². The van der Waals surface area contributed by atoms with Crippen LogP contribution in [0, 0.1) is 5.92 Å². The normalized spacial score (nSPS) is 16.4. The third kappa shape index (κ3) is 2.35. The third-order valence-corrected chi connectivity index (χ3v) is 3.01. The molecule has 0 aromatic carbocycles. The minimum atomic E-state index is 0.615. The van der Waals surface area contributed by atoms with E-state index in [9.17, 15) is 0 Å². The highest BCUT2D eigenvalue weighted by Gasteiger charge is 2.20. The van der Waals surface area contributed by atoms with Crippen LogP contribution in [0.3, 0.4) is 0 Å². The van der Waals surface area contributed by atoms with Gasteiger partial charge < -0.3 is 5.32 Å². The lowest BCUT2D eigenvalue weighted by Crippen LogP contribution is -2.01. The van der Waals surface area contributed by atoms with Crippen LogP contribution in [-0.2, 0) is 0 Å². The number of hydrogen-bond donors (Lipinski definition) is 1. The second-order valence-electron chi connectivity index (χ2n) is 3.14. The van der Waals surface area contributed by atoms with Gasteiger partial charge in [0.05, 0.1) is 0 Å². The summed E-state index contributed by atoms with van der Waals surface area (Å²) in [4.78, 5) is 4.10. The minimum absolute atomic E-state index is 0.615. The average molecular weight is 203 g/mol. The number of aromatic nitrogens is 1. The smallest absolute Gasteiger partial charge is 0.185 e. The van der Waals surface area contributed by atoms with Crippen LogP contribution in [0.5, 0.6) is 0 Å². The Bertz CT molecular complexity index is 257. The molecule has 0 radical (unpaired) electrons. The molecule has 1 fully saturated rings. The molecule has 1 aromatic heterocycles. The molecule has 0 unspecified atom stereocenters. The summed E-state index contributed by atoms with van der Waals surface area (Å²) in [6.07, 6.45) is 4.11. The topological polar surface area (TPSA) is 24.9 Å². The van der Waals surface area contributed by atoms with Gasteiger partial charge in [0, 0.05) is 11.9 Å². The molecule has 2 rings (SSSR count). The fourth-order valence-electron chi connectivity index (χ4n) is 1.14. The first-order chi connectivity index (χ1) is 5.84. The molecule has 12 heavy (non-hydrogen) atoms. The van der Waals surface area contributed by atoms with Crippen molar-refractivity contribution >= 4 is 28.8 Å². The van der Waals surface area contributed by atoms with E-state index in [0.29, 0.717) is 4.47 Å². The standard InChI is InChI=1S/C8H11ClN2S/c9-8-11-7(5-12-8)10-4-3-6-1-2-6/h5-6,10H,1-4H2. The van der Waals surface area contributed by atoms with Crippen molar-refractivity contribution in [1.82, 2.24) is 4.98 Å². The zero-order valence-corrected chi connectivity index (χ0v) is 8.29. The maximum atomic E-state index is 5.68. The van der Waals surface area contributed by atoms with Gasteiger partial charge in [-0.05, 0) is 12.3 Å². The summed E-state index contributed by atoms with van der Waals surface area (Å²) in [6, 6.07) is 0. The van der Waals surface area contributed by atoms with Crippen molar-refractivity contribution in [2.45, 2.75) is 19.3 Å². The lowest BCUT2D eigenvalue weighted by molar-refractivity contribution is 0.759. The van der Waals surface area contributed by atoms with Gasteiger partial charge in [0.2, 0.25) is 0 Å². The summed E-state index contributed by atoms with van der Waals surface area (Å²) < 4.78 is 0.615. The second-order valence-corrected chi connectivity index (χ2v) is 4.58. The van der Waals surface area contributed by atoms with Crippen LogP contribution in [0.1, 0.15) is 19.3 Å². The molecule has 4 heteroatoms. The molecular weight excluding hydrogens is 192 g/mol. The van der Waals surface area contributed by atoms with Gasteiger partial charge >= 0.3 is 0 Å². The second kappa shape index (κ2) is 3.62. The van der Waals surface area contributed by atoms with Crippen LogP contribution >= 0.6 is 22.9 Å². The van der Waals surface area contributed by atoms with E-state index in [0.717, 1.165) is 18.3 Å². The van der Waals surface area contributed by atoms with E-state index in [2.05, 4.69) is 10.3 Å². The molecule has 1 aromatic rings. The third-order valence-electron chi connectivity index (χ3n) is 2.03. The van der Waals surface area contributed by atoms with Crippen molar-refractivity contribution in [2.75, 3.05) is 11.9 Å². The van der Waals surface area contributed by atoms with E-state index in [4.69, 9.17) is 11.6 Å². The Kier molecular flexibility index (Phi) is 2.51. The van der Waals surface area contributed by atoms with Crippen LogP contribution in [0.2, 0.25) is 4.47 Å². The molecule has 0 saturated heterocycles. The van der Waals surface area contributed by atoms with Gasteiger partial charge in [0.25, 0.3) is 0 Å². The quantitative estimate of drug-likeness (QED) is 0.812. The van der Waals surface area contributed by atoms with E-state index < -0.39 is 0 Å². The average Bonchev–Trinajstić information content (AvgIpc) is 2.76. The number of nitrogens with zero attached hydrogens (tertiary/aromatic N) is 1. The maximum Gasteiger partial charge on any atom is 0.185 e. The number of halogens is 1. The van der Waals surface area contributed by atoms with Crippen molar-refractivity contribution in [3.05, 3.63) is 9.85 Å². The first-order valence-corrected chi connectivity index (χ1v) is 5.45. The number of thiazole rings is 1. The largest absolute Gasteiger partial charge is 0.369 e. The monoisotopic (exact) mass is 202 g/mol. The van der Waals surface area contributed by atoms with Gasteiger partial charge in [-0.25, -0.2) is 4.98 Å². The molecule has 0 spiro atoms. The fourth-order valence-corrected chi connectivity index (χ4v) is 1.86. The van der Waals surface area contributed by atoms with E-state index >= 15 is 0 Å². The minimum Gasteiger partial charge on any atom is -0.369 e. The molecule has 1 heterocycles. The van der Waals surface area contributed by atoms with Crippen LogP contribution in [0.4, 0.5) is 5.82 Å². The van der Waals surface area contributed by atoms with Gasteiger partial charge in [-0.1, -0.05) is 24.4 Å². The van der Waals surface area contributed by atoms with E-state index in [1.165, 1.54) is 30.6 Å². The lowest BCUT2D eigenvalue weighted by atomic mass is 10.3. The molecule has 1 aliphatic rings. The Morgan fingerprint density at radius 1 is 1.67 bits per heavy atom. The molecule has 0 bridgehead atoms. The van der Waals surface area contributed by atoms with E-state index in [1.807, 2.05) is 5.38 Å². The van der Waals surface area contributed by atoms with Crippen LogP contribution in [0.25, 0.3) is 0 Å². The number of nitrogens with one attached hydrogen (secondary N) is 1. The van der Waals surface area contributed by atoms with Crippen LogP contribution < -0.4 is 5.32 Å². The Balaban J connectivity index is 1.71. The van der Waals surface area contributed by atoms with Gasteiger partial charge in [-0.3, -0.25) is 0 Å². The highest BCUT2D eigenvalue weighted by Crippen LogP contribution is 2.32. The lowest BCUT2D eigenvalue weighted by Gasteiger charge is -1.99. The summed E-state index contributed by atoms with van der Waals surface area (Å²) >= 11 is 7.15. The SMILES string of the molecule is Clc1nc(NCCC2CC2)cs1. The molecule has 0 atom stereocenters. The first kappa shape index (κ1) is 8.32. The van der Waals surface area contributed by atoms with Gasteiger partial charge in [0.15, 0.2) is 4.47 Å². The molecule has 0 amide bonds. The Morgan fingerprint density at radius 3 is 3.08 bits per heavy atom. The molecule has 1 N–H and O–H groups in total. The predicted molar refractivity (Wildman–Crippen MR) is 53.0 cm³/mol. The highest BCUT2D eigenvalue weighted by atomic mass is 35.5.